The van der Waals surface area contributed by atoms with Gasteiger partial charge in [0.15, 0.2) is 0 Å². The minimum Gasteiger partial charge on any atom is -0.338 e. The van der Waals surface area contributed by atoms with Crippen molar-refractivity contribution in [1.29, 1.82) is 0 Å². The van der Waals surface area contributed by atoms with E-state index >= 15 is 0 Å². The Morgan fingerprint density at radius 1 is 1.27 bits per heavy atom. The van der Waals surface area contributed by atoms with Crippen molar-refractivity contribution in [3.05, 3.63) is 35.7 Å². The summed E-state index contributed by atoms with van der Waals surface area (Å²) >= 11 is 0. The molecule has 0 spiro atoms. The molecule has 0 unspecified atom stereocenters. The van der Waals surface area contributed by atoms with E-state index in [9.17, 15) is 4.79 Å². The van der Waals surface area contributed by atoms with Gasteiger partial charge in [-0.2, -0.15) is 0 Å². The fraction of sp³-hybridized carbons (Fsp3) is 0.632. The van der Waals surface area contributed by atoms with E-state index < -0.39 is 0 Å². The van der Waals surface area contributed by atoms with Gasteiger partial charge in [-0.25, -0.2) is 9.97 Å². The van der Waals surface area contributed by atoms with Gasteiger partial charge < -0.3 is 4.90 Å². The number of likely N-dealkylation sites (tertiary alicyclic amines) is 1. The molecule has 1 amide bonds. The molecule has 0 saturated carbocycles. The van der Waals surface area contributed by atoms with Crippen molar-refractivity contribution in [2.45, 2.75) is 58.9 Å². The molecule has 2 aromatic rings. The summed E-state index contributed by atoms with van der Waals surface area (Å²) in [6.07, 6.45) is 8.19. The first-order chi connectivity index (χ1) is 12.4. The van der Waals surface area contributed by atoms with Gasteiger partial charge in [0.1, 0.15) is 5.82 Å². The number of aromatic nitrogens is 5. The van der Waals surface area contributed by atoms with Gasteiger partial charge in [0.05, 0.1) is 11.3 Å². The van der Waals surface area contributed by atoms with Crippen LogP contribution in [0.2, 0.25) is 0 Å². The van der Waals surface area contributed by atoms with Crippen molar-refractivity contribution in [2.24, 2.45) is 5.92 Å². The molecule has 0 aliphatic carbocycles. The second kappa shape index (κ2) is 7.51. The molecule has 7 heteroatoms. The van der Waals surface area contributed by atoms with Crippen molar-refractivity contribution in [3.8, 4) is 0 Å². The lowest BCUT2D eigenvalue weighted by Crippen LogP contribution is -2.41. The van der Waals surface area contributed by atoms with Crippen LogP contribution in [-0.2, 0) is 18.4 Å². The summed E-state index contributed by atoms with van der Waals surface area (Å²) in [5, 5.41) is 8.55. The van der Waals surface area contributed by atoms with Crippen molar-refractivity contribution in [2.75, 3.05) is 13.1 Å². The number of hydrogen-bond donors (Lipinski definition) is 0. The normalized spacial score (nSPS) is 18.2. The van der Waals surface area contributed by atoms with E-state index in [4.69, 9.17) is 0 Å². The standard InChI is InChI=1S/C19H28N6O/c1-5-17-20-9-15(10-21-17)18(26)24-8-6-7-14(11-24)12-25-13-16(22-23-25)19(2,3)4/h9-10,13-14H,5-8,11-12H2,1-4H3/t14-/m0/s1. The van der Waals surface area contributed by atoms with Gasteiger partial charge in [-0.15, -0.1) is 5.10 Å². The molecule has 0 N–H and O–H groups in total. The van der Waals surface area contributed by atoms with Gasteiger partial charge in [-0.1, -0.05) is 32.9 Å². The van der Waals surface area contributed by atoms with Crippen molar-refractivity contribution >= 4 is 5.91 Å². The average Bonchev–Trinajstić information content (AvgIpc) is 3.10. The zero-order chi connectivity index (χ0) is 18.7. The number of carbonyl (C=O) groups excluding carboxylic acids is 1. The molecule has 140 valence electrons. The fourth-order valence-electron chi connectivity index (χ4n) is 3.22. The first kappa shape index (κ1) is 18.5. The third-order valence-corrected chi connectivity index (χ3v) is 4.83. The maximum atomic E-state index is 12.7. The predicted octanol–water partition coefficient (Wildman–Crippen LogP) is 2.48. The van der Waals surface area contributed by atoms with Crippen LogP contribution in [0.5, 0.6) is 0 Å². The SMILES string of the molecule is CCc1ncc(C(=O)N2CCC[C@H](Cn3cc(C(C)(C)C)nn3)C2)cn1. The maximum absolute atomic E-state index is 12.7. The molecule has 0 aromatic carbocycles. The van der Waals surface area contributed by atoms with E-state index in [1.165, 1.54) is 0 Å². The van der Waals surface area contributed by atoms with Gasteiger partial charge in [-0.3, -0.25) is 9.48 Å². The Labute approximate surface area is 154 Å². The lowest BCUT2D eigenvalue weighted by Gasteiger charge is -2.32. The number of hydrogen-bond acceptors (Lipinski definition) is 5. The Morgan fingerprint density at radius 2 is 2.00 bits per heavy atom. The quantitative estimate of drug-likeness (QED) is 0.841. The van der Waals surface area contributed by atoms with Crippen LogP contribution in [0.15, 0.2) is 18.6 Å². The zero-order valence-corrected chi connectivity index (χ0v) is 16.1. The predicted molar refractivity (Wildman–Crippen MR) is 98.8 cm³/mol. The second-order valence-corrected chi connectivity index (χ2v) is 8.08. The summed E-state index contributed by atoms with van der Waals surface area (Å²) in [5.74, 6) is 1.17. The highest BCUT2D eigenvalue weighted by Gasteiger charge is 2.26. The summed E-state index contributed by atoms with van der Waals surface area (Å²) in [6, 6.07) is 0. The van der Waals surface area contributed by atoms with E-state index in [1.54, 1.807) is 12.4 Å². The maximum Gasteiger partial charge on any atom is 0.257 e. The van der Waals surface area contributed by atoms with E-state index in [-0.39, 0.29) is 11.3 Å². The molecule has 3 heterocycles. The third kappa shape index (κ3) is 4.26. The van der Waals surface area contributed by atoms with Gasteiger partial charge in [0.2, 0.25) is 0 Å². The Kier molecular flexibility index (Phi) is 5.34. The van der Waals surface area contributed by atoms with Crippen LogP contribution < -0.4 is 0 Å². The highest BCUT2D eigenvalue weighted by Crippen LogP contribution is 2.22. The lowest BCUT2D eigenvalue weighted by molar-refractivity contribution is 0.0658. The summed E-state index contributed by atoms with van der Waals surface area (Å²) in [6.45, 7) is 10.7. The van der Waals surface area contributed by atoms with Gasteiger partial charge >= 0.3 is 0 Å². The number of piperidine rings is 1. The van der Waals surface area contributed by atoms with Crippen LogP contribution in [0.4, 0.5) is 0 Å². The van der Waals surface area contributed by atoms with Crippen LogP contribution in [0, 0.1) is 5.92 Å². The molecule has 26 heavy (non-hydrogen) atoms. The third-order valence-electron chi connectivity index (χ3n) is 4.83. The molecular formula is C19H28N6O. The largest absolute Gasteiger partial charge is 0.338 e. The van der Waals surface area contributed by atoms with Crippen LogP contribution in [0.3, 0.4) is 0 Å². The summed E-state index contributed by atoms with van der Waals surface area (Å²) < 4.78 is 1.92. The molecule has 0 radical (unpaired) electrons. The Hall–Kier alpha value is -2.31. The highest BCUT2D eigenvalue weighted by molar-refractivity contribution is 5.93. The number of carbonyl (C=O) groups is 1. The Balaban J connectivity index is 1.63. The Bertz CT molecular complexity index is 746. The number of amides is 1. The topological polar surface area (TPSA) is 76.8 Å². The van der Waals surface area contributed by atoms with Crippen molar-refractivity contribution < 1.29 is 4.79 Å². The molecule has 1 saturated heterocycles. The minimum absolute atomic E-state index is 0.00251. The molecule has 1 fully saturated rings. The highest BCUT2D eigenvalue weighted by atomic mass is 16.2. The second-order valence-electron chi connectivity index (χ2n) is 8.08. The van der Waals surface area contributed by atoms with Crippen LogP contribution in [0.1, 0.15) is 62.4 Å². The van der Waals surface area contributed by atoms with E-state index in [1.807, 2.05) is 22.7 Å². The molecular weight excluding hydrogens is 328 g/mol. The van der Waals surface area contributed by atoms with Crippen molar-refractivity contribution in [1.82, 2.24) is 29.9 Å². The summed E-state index contributed by atoms with van der Waals surface area (Å²) in [7, 11) is 0. The van der Waals surface area contributed by atoms with Crippen molar-refractivity contribution in [3.63, 3.8) is 0 Å². The van der Waals surface area contributed by atoms with Gasteiger partial charge in [0.25, 0.3) is 5.91 Å². The van der Waals surface area contributed by atoms with Gasteiger partial charge in [0, 0.05) is 50.1 Å². The fourth-order valence-corrected chi connectivity index (χ4v) is 3.22. The van der Waals surface area contributed by atoms with E-state index in [0.717, 1.165) is 50.4 Å². The zero-order valence-electron chi connectivity index (χ0n) is 16.1. The molecule has 3 rings (SSSR count). The molecule has 2 aromatic heterocycles. The molecule has 1 aliphatic heterocycles. The van der Waals surface area contributed by atoms with E-state index in [2.05, 4.69) is 41.1 Å². The number of rotatable bonds is 4. The first-order valence-corrected chi connectivity index (χ1v) is 9.37. The minimum atomic E-state index is -0.00251. The Morgan fingerprint density at radius 3 is 2.62 bits per heavy atom. The lowest BCUT2D eigenvalue weighted by atomic mass is 9.93. The molecule has 0 bridgehead atoms. The number of aryl methyl sites for hydroxylation is 1. The molecule has 1 aliphatic rings. The average molecular weight is 356 g/mol. The monoisotopic (exact) mass is 356 g/mol. The van der Waals surface area contributed by atoms with Crippen LogP contribution in [-0.4, -0.2) is 48.9 Å². The van der Waals surface area contributed by atoms with Crippen LogP contribution >= 0.6 is 0 Å². The number of nitrogens with zero attached hydrogens (tertiary/aromatic N) is 6. The van der Waals surface area contributed by atoms with E-state index in [0.29, 0.717) is 11.5 Å². The van der Waals surface area contributed by atoms with Crippen LogP contribution in [0.25, 0.3) is 0 Å². The smallest absolute Gasteiger partial charge is 0.257 e. The summed E-state index contributed by atoms with van der Waals surface area (Å²) in [5.41, 5.74) is 1.56. The van der Waals surface area contributed by atoms with Gasteiger partial charge in [-0.05, 0) is 18.8 Å². The first-order valence-electron chi connectivity index (χ1n) is 9.37. The molecule has 7 nitrogen and oxygen atoms in total. The summed E-state index contributed by atoms with van der Waals surface area (Å²) in [4.78, 5) is 23.1. The molecule has 1 atom stereocenters.